The van der Waals surface area contributed by atoms with Crippen LogP contribution >= 0.6 is 11.8 Å². The topological polar surface area (TPSA) is 51.8 Å². The Morgan fingerprint density at radius 3 is 2.81 bits per heavy atom. The molecule has 1 aromatic heterocycles. The number of benzene rings is 1. The molecule has 0 unspecified atom stereocenters. The monoisotopic (exact) mass is 299 g/mol. The van der Waals surface area contributed by atoms with Crippen molar-refractivity contribution < 1.29 is 0 Å². The first-order valence-electron chi connectivity index (χ1n) is 7.60. The van der Waals surface area contributed by atoms with Crippen LogP contribution in [-0.4, -0.2) is 9.97 Å². The van der Waals surface area contributed by atoms with Crippen LogP contribution in [0.5, 0.6) is 0 Å². The summed E-state index contributed by atoms with van der Waals surface area (Å²) in [5.41, 5.74) is 10.0. The summed E-state index contributed by atoms with van der Waals surface area (Å²) in [6.45, 7) is 4.13. The Hall–Kier alpha value is -1.55. The van der Waals surface area contributed by atoms with E-state index in [0.717, 1.165) is 29.3 Å². The first kappa shape index (κ1) is 14.4. The van der Waals surface area contributed by atoms with E-state index >= 15 is 0 Å². The molecular weight excluding hydrogens is 278 g/mol. The van der Waals surface area contributed by atoms with Crippen molar-refractivity contribution in [2.75, 3.05) is 5.73 Å². The number of nitrogens with two attached hydrogens (primary N) is 1. The summed E-state index contributed by atoms with van der Waals surface area (Å²) in [4.78, 5) is 10.3. The standard InChI is InChI=1S/C17H21N3S/c1-3-5-15-19-16(18)11(2)17(20-15)21-14-9-8-12-6-4-7-13(12)10-14/h8-10H,3-7H2,1-2H3,(H2,18,19,20). The molecule has 2 aromatic rings. The van der Waals surface area contributed by atoms with Gasteiger partial charge in [-0.1, -0.05) is 24.8 Å². The lowest BCUT2D eigenvalue weighted by Gasteiger charge is -2.10. The average molecular weight is 299 g/mol. The number of nitrogen functional groups attached to an aromatic ring is 1. The van der Waals surface area contributed by atoms with Crippen molar-refractivity contribution in [2.45, 2.75) is 55.9 Å². The molecular formula is C17H21N3S. The smallest absolute Gasteiger partial charge is 0.132 e. The predicted octanol–water partition coefficient (Wildman–Crippen LogP) is 3.96. The maximum atomic E-state index is 6.03. The predicted molar refractivity (Wildman–Crippen MR) is 87.8 cm³/mol. The number of aryl methyl sites for hydroxylation is 3. The van der Waals surface area contributed by atoms with Crippen LogP contribution in [0.1, 0.15) is 42.3 Å². The zero-order valence-corrected chi connectivity index (χ0v) is 13.5. The van der Waals surface area contributed by atoms with E-state index in [0.29, 0.717) is 5.82 Å². The fraction of sp³-hybridized carbons (Fsp3) is 0.412. The second kappa shape index (κ2) is 6.06. The number of anilines is 1. The Balaban J connectivity index is 1.90. The van der Waals surface area contributed by atoms with Crippen LogP contribution in [0, 0.1) is 6.92 Å². The molecule has 0 saturated carbocycles. The highest BCUT2D eigenvalue weighted by Gasteiger charge is 2.14. The van der Waals surface area contributed by atoms with Gasteiger partial charge in [0.05, 0.1) is 0 Å². The summed E-state index contributed by atoms with van der Waals surface area (Å²) in [5, 5.41) is 0.990. The maximum Gasteiger partial charge on any atom is 0.132 e. The van der Waals surface area contributed by atoms with Crippen LogP contribution in [0.3, 0.4) is 0 Å². The fourth-order valence-electron chi connectivity index (χ4n) is 2.72. The van der Waals surface area contributed by atoms with Crippen molar-refractivity contribution in [3.05, 3.63) is 40.7 Å². The van der Waals surface area contributed by atoms with E-state index in [9.17, 15) is 0 Å². The molecule has 2 N–H and O–H groups in total. The lowest BCUT2D eigenvalue weighted by molar-refractivity contribution is 0.805. The van der Waals surface area contributed by atoms with Crippen LogP contribution in [0.2, 0.25) is 0 Å². The third kappa shape index (κ3) is 3.05. The minimum Gasteiger partial charge on any atom is -0.383 e. The number of fused-ring (bicyclic) bond motifs is 1. The van der Waals surface area contributed by atoms with Gasteiger partial charge in [0.1, 0.15) is 16.7 Å². The van der Waals surface area contributed by atoms with E-state index in [1.807, 2.05) is 6.92 Å². The highest BCUT2D eigenvalue weighted by atomic mass is 32.2. The molecule has 4 heteroatoms. The van der Waals surface area contributed by atoms with Gasteiger partial charge in [-0.2, -0.15) is 0 Å². The number of rotatable bonds is 4. The maximum absolute atomic E-state index is 6.03. The molecule has 0 radical (unpaired) electrons. The number of hydrogen-bond donors (Lipinski definition) is 1. The van der Waals surface area contributed by atoms with Gasteiger partial charge in [-0.05, 0) is 55.9 Å². The van der Waals surface area contributed by atoms with E-state index in [1.54, 1.807) is 11.8 Å². The molecule has 3 rings (SSSR count). The lowest BCUT2D eigenvalue weighted by Crippen LogP contribution is -2.04. The van der Waals surface area contributed by atoms with Gasteiger partial charge < -0.3 is 5.73 Å². The van der Waals surface area contributed by atoms with E-state index in [4.69, 9.17) is 5.73 Å². The Kier molecular flexibility index (Phi) is 4.15. The normalized spacial score (nSPS) is 13.4. The first-order chi connectivity index (χ1) is 10.2. The van der Waals surface area contributed by atoms with E-state index < -0.39 is 0 Å². The number of nitrogens with zero attached hydrogens (tertiary/aromatic N) is 2. The molecule has 110 valence electrons. The Morgan fingerprint density at radius 1 is 1.19 bits per heavy atom. The summed E-state index contributed by atoms with van der Waals surface area (Å²) >= 11 is 1.70. The summed E-state index contributed by atoms with van der Waals surface area (Å²) < 4.78 is 0. The molecule has 0 aliphatic heterocycles. The molecule has 1 aliphatic rings. The van der Waals surface area contributed by atoms with Gasteiger partial charge in [-0.15, -0.1) is 0 Å². The summed E-state index contributed by atoms with van der Waals surface area (Å²) in [5.74, 6) is 1.46. The third-order valence-electron chi connectivity index (χ3n) is 3.94. The second-order valence-electron chi connectivity index (χ2n) is 5.59. The molecule has 1 aliphatic carbocycles. The molecule has 1 heterocycles. The molecule has 0 saturated heterocycles. The van der Waals surface area contributed by atoms with Gasteiger partial charge in [0, 0.05) is 16.9 Å². The first-order valence-corrected chi connectivity index (χ1v) is 8.41. The molecule has 0 amide bonds. The van der Waals surface area contributed by atoms with Crippen molar-refractivity contribution in [3.8, 4) is 0 Å². The van der Waals surface area contributed by atoms with Gasteiger partial charge in [0.25, 0.3) is 0 Å². The van der Waals surface area contributed by atoms with Crippen molar-refractivity contribution in [3.63, 3.8) is 0 Å². The van der Waals surface area contributed by atoms with Gasteiger partial charge in [-0.3, -0.25) is 0 Å². The lowest BCUT2D eigenvalue weighted by atomic mass is 10.1. The van der Waals surface area contributed by atoms with Crippen LogP contribution in [0.25, 0.3) is 0 Å². The van der Waals surface area contributed by atoms with Gasteiger partial charge in [0.15, 0.2) is 0 Å². The van der Waals surface area contributed by atoms with Crippen molar-refractivity contribution >= 4 is 17.6 Å². The van der Waals surface area contributed by atoms with Crippen molar-refractivity contribution in [1.82, 2.24) is 9.97 Å². The van der Waals surface area contributed by atoms with Crippen molar-refractivity contribution in [2.24, 2.45) is 0 Å². The molecule has 1 aromatic carbocycles. The SMILES string of the molecule is CCCc1nc(N)c(C)c(Sc2ccc3c(c2)CCC3)n1. The van der Waals surface area contributed by atoms with E-state index in [-0.39, 0.29) is 0 Å². The van der Waals surface area contributed by atoms with Crippen molar-refractivity contribution in [1.29, 1.82) is 0 Å². The average Bonchev–Trinajstić information content (AvgIpc) is 2.92. The summed E-state index contributed by atoms with van der Waals surface area (Å²) in [6.07, 6.45) is 5.62. The Labute approximate surface area is 130 Å². The minimum atomic E-state index is 0.608. The quantitative estimate of drug-likeness (QED) is 0.868. The van der Waals surface area contributed by atoms with Crippen LogP contribution < -0.4 is 5.73 Å². The van der Waals surface area contributed by atoms with E-state index in [2.05, 4.69) is 35.1 Å². The summed E-state index contributed by atoms with van der Waals surface area (Å²) in [6, 6.07) is 6.77. The molecule has 3 nitrogen and oxygen atoms in total. The molecule has 0 spiro atoms. The van der Waals surface area contributed by atoms with Gasteiger partial charge >= 0.3 is 0 Å². The van der Waals surface area contributed by atoms with Gasteiger partial charge in [-0.25, -0.2) is 9.97 Å². The zero-order chi connectivity index (χ0) is 14.8. The third-order valence-corrected chi connectivity index (χ3v) is 5.02. The van der Waals surface area contributed by atoms with E-state index in [1.165, 1.54) is 35.3 Å². The molecule has 0 atom stereocenters. The largest absolute Gasteiger partial charge is 0.383 e. The minimum absolute atomic E-state index is 0.608. The van der Waals surface area contributed by atoms with Crippen LogP contribution in [0.4, 0.5) is 5.82 Å². The summed E-state index contributed by atoms with van der Waals surface area (Å²) in [7, 11) is 0. The zero-order valence-electron chi connectivity index (χ0n) is 12.6. The Bertz CT molecular complexity index is 667. The second-order valence-corrected chi connectivity index (χ2v) is 6.65. The number of aromatic nitrogens is 2. The Morgan fingerprint density at radius 2 is 2.00 bits per heavy atom. The van der Waals surface area contributed by atoms with Crippen LogP contribution in [-0.2, 0) is 19.3 Å². The van der Waals surface area contributed by atoms with Crippen LogP contribution in [0.15, 0.2) is 28.1 Å². The molecule has 21 heavy (non-hydrogen) atoms. The van der Waals surface area contributed by atoms with Gasteiger partial charge in [0.2, 0.25) is 0 Å². The molecule has 0 bridgehead atoms. The number of hydrogen-bond acceptors (Lipinski definition) is 4. The highest BCUT2D eigenvalue weighted by Crippen LogP contribution is 2.33. The highest BCUT2D eigenvalue weighted by molar-refractivity contribution is 7.99. The fourth-order valence-corrected chi connectivity index (χ4v) is 3.69. The molecule has 0 fully saturated rings.